The molecule has 0 heterocycles. The highest BCUT2D eigenvalue weighted by molar-refractivity contribution is 8.30. The molecule has 0 spiro atoms. The summed E-state index contributed by atoms with van der Waals surface area (Å²) < 4.78 is 45.5. The number of hydrogen-bond donors (Lipinski definition) is 0. The number of carbonyl (C=O) groups excluding carboxylic acids is 1. The summed E-state index contributed by atoms with van der Waals surface area (Å²) in [6.07, 6.45) is -5.10. The molecule has 0 amide bonds. The number of rotatable bonds is 4. The zero-order valence-electron chi connectivity index (χ0n) is 16.3. The Morgan fingerprint density at radius 1 is 0.793 bits per heavy atom. The third-order valence-corrected chi connectivity index (χ3v) is 7.97. The first-order valence-corrected chi connectivity index (χ1v) is 10.5. The topological polar surface area (TPSA) is 26.3 Å². The number of benzene rings is 3. The van der Waals surface area contributed by atoms with Crippen molar-refractivity contribution in [3.05, 3.63) is 89.5 Å². The molecule has 3 rings (SSSR count). The van der Waals surface area contributed by atoms with E-state index in [1.165, 1.54) is 0 Å². The molecule has 3 aromatic carbocycles. The highest BCUT2D eigenvalue weighted by Crippen LogP contribution is 2.71. The molecule has 152 valence electrons. The van der Waals surface area contributed by atoms with Gasteiger partial charge in [-0.05, 0) is 66.5 Å². The summed E-state index contributed by atoms with van der Waals surface area (Å²) >= 11 is 0. The van der Waals surface area contributed by atoms with Crippen LogP contribution in [-0.4, -0.2) is 12.1 Å². The van der Waals surface area contributed by atoms with Crippen LogP contribution in [0.3, 0.4) is 0 Å². The molecule has 0 radical (unpaired) electrons. The number of aryl methyl sites for hydroxylation is 3. The average Bonchev–Trinajstić information content (AvgIpc) is 2.67. The maximum Gasteiger partial charge on any atom is 0.491 e. The predicted molar refractivity (Wildman–Crippen MR) is 108 cm³/mol. The third kappa shape index (κ3) is 4.03. The van der Waals surface area contributed by atoms with Crippen molar-refractivity contribution in [3.63, 3.8) is 0 Å². The van der Waals surface area contributed by atoms with Gasteiger partial charge >= 0.3 is 12.1 Å². The Bertz CT molecular complexity index is 953. The Morgan fingerprint density at radius 3 is 1.59 bits per heavy atom. The molecule has 0 saturated carbocycles. The van der Waals surface area contributed by atoms with Crippen molar-refractivity contribution in [2.24, 2.45) is 0 Å². The van der Waals surface area contributed by atoms with Gasteiger partial charge in [-0.25, -0.2) is 4.79 Å². The molecular weight excluding hydrogens is 397 g/mol. The Hall–Kier alpha value is -2.73. The van der Waals surface area contributed by atoms with Crippen molar-refractivity contribution >= 4 is 16.3 Å². The molecule has 0 fully saturated rings. The summed E-state index contributed by atoms with van der Waals surface area (Å²) in [5.41, 5.74) is 2.54. The van der Waals surface area contributed by atoms with Gasteiger partial charge in [-0.3, -0.25) is 0 Å². The lowest BCUT2D eigenvalue weighted by Crippen LogP contribution is -2.28. The first-order valence-electron chi connectivity index (χ1n) is 8.98. The molecule has 3 aromatic rings. The summed E-state index contributed by atoms with van der Waals surface area (Å²) in [5.74, 6) is -2.19. The van der Waals surface area contributed by atoms with Gasteiger partial charge in [-0.1, -0.05) is 54.1 Å². The minimum Gasteiger partial charge on any atom is -0.395 e. The lowest BCUT2D eigenvalue weighted by molar-refractivity contribution is -0.188. The minimum absolute atomic E-state index is 0.527. The summed E-state index contributed by atoms with van der Waals surface area (Å²) in [7, 11) is -2.96. The largest absolute Gasteiger partial charge is 0.491 e. The lowest BCUT2D eigenvalue weighted by Gasteiger charge is -2.41. The van der Waals surface area contributed by atoms with Gasteiger partial charge in [0.15, 0.2) is 0 Å². The number of carbonyl (C=O) groups is 1. The maximum absolute atomic E-state index is 13.3. The van der Waals surface area contributed by atoms with Crippen LogP contribution in [0.4, 0.5) is 13.2 Å². The molecule has 6 heteroatoms. The highest BCUT2D eigenvalue weighted by atomic mass is 32.3. The highest BCUT2D eigenvalue weighted by Gasteiger charge is 2.47. The summed E-state index contributed by atoms with van der Waals surface area (Å²) in [6, 6.07) is 21.2. The van der Waals surface area contributed by atoms with Crippen molar-refractivity contribution in [1.82, 2.24) is 0 Å². The molecule has 0 atom stereocenters. The summed E-state index contributed by atoms with van der Waals surface area (Å²) in [5, 5.41) is 0. The molecule has 0 aliphatic rings. The van der Waals surface area contributed by atoms with Gasteiger partial charge in [0.25, 0.3) is 0 Å². The van der Waals surface area contributed by atoms with Gasteiger partial charge in [0.1, 0.15) is 0 Å². The fourth-order valence-corrected chi connectivity index (χ4v) is 6.96. The van der Waals surface area contributed by atoms with E-state index >= 15 is 0 Å². The molecule has 0 bridgehead atoms. The van der Waals surface area contributed by atoms with Crippen LogP contribution in [0.2, 0.25) is 0 Å². The van der Waals surface area contributed by atoms with E-state index in [0.717, 1.165) is 16.7 Å². The monoisotopic (exact) mass is 418 g/mol. The molecule has 0 unspecified atom stereocenters. The van der Waals surface area contributed by atoms with Crippen LogP contribution in [0.1, 0.15) is 16.7 Å². The first kappa shape index (κ1) is 21.0. The second kappa shape index (κ2) is 7.95. The zero-order valence-corrected chi connectivity index (χ0v) is 17.1. The summed E-state index contributed by atoms with van der Waals surface area (Å²) in [4.78, 5) is 13.8. The molecule has 0 N–H and O–H groups in total. The van der Waals surface area contributed by atoms with E-state index in [1.807, 2.05) is 32.9 Å². The van der Waals surface area contributed by atoms with Gasteiger partial charge in [-0.15, -0.1) is 0 Å². The Morgan fingerprint density at radius 2 is 1.21 bits per heavy atom. The maximum atomic E-state index is 13.3. The normalized spacial score (nSPS) is 12.5. The van der Waals surface area contributed by atoms with Crippen molar-refractivity contribution in [1.29, 1.82) is 0 Å². The molecule has 0 aliphatic heterocycles. The summed E-state index contributed by atoms with van der Waals surface area (Å²) in [6.45, 7) is 5.60. The van der Waals surface area contributed by atoms with E-state index in [1.54, 1.807) is 60.7 Å². The van der Waals surface area contributed by atoms with Crippen molar-refractivity contribution in [3.8, 4) is 0 Å². The molecule has 0 aliphatic carbocycles. The minimum atomic E-state index is -5.10. The molecule has 2 nitrogen and oxygen atoms in total. The Balaban J connectivity index is 2.43. The number of hydrogen-bond acceptors (Lipinski definition) is 2. The fourth-order valence-electron chi connectivity index (χ4n) is 3.51. The lowest BCUT2D eigenvalue weighted by atomic mass is 10.1. The van der Waals surface area contributed by atoms with Gasteiger partial charge < -0.3 is 4.18 Å². The van der Waals surface area contributed by atoms with Crippen LogP contribution in [0.5, 0.6) is 0 Å². The van der Waals surface area contributed by atoms with E-state index in [9.17, 15) is 18.0 Å². The van der Waals surface area contributed by atoms with Crippen LogP contribution < -0.4 is 0 Å². The van der Waals surface area contributed by atoms with E-state index in [4.69, 9.17) is 4.18 Å². The van der Waals surface area contributed by atoms with E-state index in [2.05, 4.69) is 0 Å². The van der Waals surface area contributed by atoms with Crippen molar-refractivity contribution < 1.29 is 22.1 Å². The standard InChI is InChI=1S/C23H21F3O2S/c1-16-14-17(2)21(18(3)15-16)29(19-10-6-4-7-11-19,20-12-8-5-9-13-20)28-22(27)23(24,25)26/h4-15H,1-3H3. The van der Waals surface area contributed by atoms with Crippen molar-refractivity contribution in [2.75, 3.05) is 0 Å². The van der Waals surface area contributed by atoms with Crippen molar-refractivity contribution in [2.45, 2.75) is 41.6 Å². The Kier molecular flexibility index (Phi) is 5.75. The van der Waals surface area contributed by atoms with Gasteiger partial charge in [0.2, 0.25) is 0 Å². The molecular formula is C23H21F3O2S. The third-order valence-electron chi connectivity index (χ3n) is 4.47. The molecule has 0 aromatic heterocycles. The smallest absolute Gasteiger partial charge is 0.395 e. The van der Waals surface area contributed by atoms with Crippen LogP contribution in [0.25, 0.3) is 0 Å². The first-order chi connectivity index (χ1) is 13.7. The van der Waals surface area contributed by atoms with Gasteiger partial charge in [0, 0.05) is 14.7 Å². The fraction of sp³-hybridized carbons (Fsp3) is 0.174. The molecule has 0 saturated heterocycles. The second-order valence-electron chi connectivity index (χ2n) is 6.78. The zero-order chi connectivity index (χ0) is 21.2. The molecule has 29 heavy (non-hydrogen) atoms. The van der Waals surface area contributed by atoms with Crippen LogP contribution in [-0.2, 0) is 8.98 Å². The SMILES string of the molecule is Cc1cc(C)c(S(OC(=O)C(F)(F)F)(c2ccccc2)c2ccccc2)c(C)c1. The van der Waals surface area contributed by atoms with Gasteiger partial charge in [0.05, 0.1) is 0 Å². The second-order valence-corrected chi connectivity index (χ2v) is 9.41. The number of alkyl halides is 3. The van der Waals surface area contributed by atoms with Crippen LogP contribution >= 0.6 is 10.3 Å². The quantitative estimate of drug-likeness (QED) is 0.460. The predicted octanol–water partition coefficient (Wildman–Crippen LogP) is 6.91. The van der Waals surface area contributed by atoms with E-state index in [-0.39, 0.29) is 0 Å². The van der Waals surface area contributed by atoms with Crippen LogP contribution in [0.15, 0.2) is 87.5 Å². The van der Waals surface area contributed by atoms with E-state index in [0.29, 0.717) is 14.7 Å². The Labute approximate surface area is 169 Å². The number of halogens is 3. The van der Waals surface area contributed by atoms with Gasteiger partial charge in [-0.2, -0.15) is 13.2 Å². The van der Waals surface area contributed by atoms with E-state index < -0.39 is 22.5 Å². The average molecular weight is 418 g/mol. The van der Waals surface area contributed by atoms with Crippen LogP contribution in [0, 0.1) is 20.8 Å².